The number of rotatable bonds is 3. The van der Waals surface area contributed by atoms with E-state index in [1.54, 1.807) is 13.0 Å². The molecule has 19 heavy (non-hydrogen) atoms. The molecule has 1 heterocycles. The molecule has 1 aromatic carbocycles. The van der Waals surface area contributed by atoms with Gasteiger partial charge in [-0.25, -0.2) is 0 Å². The molecule has 1 aliphatic heterocycles. The van der Waals surface area contributed by atoms with Crippen LogP contribution in [-0.2, 0) is 9.59 Å². The van der Waals surface area contributed by atoms with Gasteiger partial charge in [0.15, 0.2) is 0 Å². The van der Waals surface area contributed by atoms with E-state index in [-0.39, 0.29) is 23.9 Å². The van der Waals surface area contributed by atoms with E-state index in [0.29, 0.717) is 5.69 Å². The third-order valence-electron chi connectivity index (χ3n) is 3.14. The van der Waals surface area contributed by atoms with Crippen molar-refractivity contribution in [2.45, 2.75) is 19.4 Å². The Balaban J connectivity index is 2.24. The first kappa shape index (κ1) is 13.0. The van der Waals surface area contributed by atoms with Crippen LogP contribution in [0.4, 0.5) is 11.4 Å². The number of hydrogen-bond acceptors (Lipinski definition) is 5. The largest absolute Gasteiger partial charge is 0.373 e. The van der Waals surface area contributed by atoms with Crippen molar-refractivity contribution in [3.63, 3.8) is 0 Å². The summed E-state index contributed by atoms with van der Waals surface area (Å²) in [5, 5.41) is 13.6. The van der Waals surface area contributed by atoms with Gasteiger partial charge in [-0.1, -0.05) is 6.07 Å². The Morgan fingerprint density at radius 2 is 2.11 bits per heavy atom. The van der Waals surface area contributed by atoms with E-state index in [4.69, 9.17) is 0 Å². The van der Waals surface area contributed by atoms with Crippen molar-refractivity contribution in [3.05, 3.63) is 33.9 Å². The van der Waals surface area contributed by atoms with Gasteiger partial charge in [0.25, 0.3) is 11.6 Å². The Kier molecular flexibility index (Phi) is 3.20. The summed E-state index contributed by atoms with van der Waals surface area (Å²) in [5.41, 5.74) is 1.22. The van der Waals surface area contributed by atoms with Crippen LogP contribution in [0, 0.1) is 17.0 Å². The second-order valence-electron chi connectivity index (χ2n) is 4.45. The first-order valence-electron chi connectivity index (χ1n) is 5.72. The van der Waals surface area contributed by atoms with Crippen molar-refractivity contribution in [1.82, 2.24) is 4.90 Å². The molecular formula is C12H13N3O4. The second-order valence-corrected chi connectivity index (χ2v) is 4.45. The number of hydrogen-bond donors (Lipinski definition) is 1. The van der Waals surface area contributed by atoms with Gasteiger partial charge in [-0.05, 0) is 12.5 Å². The van der Waals surface area contributed by atoms with Crippen molar-refractivity contribution < 1.29 is 14.5 Å². The summed E-state index contributed by atoms with van der Waals surface area (Å²) in [6.07, 6.45) is 0.0669. The molecule has 0 bridgehead atoms. The number of carbonyl (C=O) groups excluding carboxylic acids is 2. The minimum Gasteiger partial charge on any atom is -0.373 e. The fraction of sp³-hybridized carbons (Fsp3) is 0.333. The van der Waals surface area contributed by atoms with Crippen LogP contribution in [0.15, 0.2) is 18.2 Å². The van der Waals surface area contributed by atoms with E-state index < -0.39 is 11.0 Å². The summed E-state index contributed by atoms with van der Waals surface area (Å²) in [6, 6.07) is 3.71. The van der Waals surface area contributed by atoms with Crippen molar-refractivity contribution in [3.8, 4) is 0 Å². The molecule has 1 aliphatic rings. The molecule has 1 fully saturated rings. The second kappa shape index (κ2) is 4.68. The average molecular weight is 263 g/mol. The number of carbonyl (C=O) groups is 2. The summed E-state index contributed by atoms with van der Waals surface area (Å²) in [7, 11) is 1.42. The van der Waals surface area contributed by atoms with Gasteiger partial charge in [0.1, 0.15) is 6.04 Å². The van der Waals surface area contributed by atoms with Crippen LogP contribution in [0.3, 0.4) is 0 Å². The first-order chi connectivity index (χ1) is 8.90. The molecule has 0 aromatic heterocycles. The number of imide groups is 1. The van der Waals surface area contributed by atoms with Crippen LogP contribution in [0.2, 0.25) is 0 Å². The van der Waals surface area contributed by atoms with Gasteiger partial charge in [0, 0.05) is 24.9 Å². The number of nitro benzene ring substituents is 1. The predicted molar refractivity (Wildman–Crippen MR) is 67.6 cm³/mol. The Morgan fingerprint density at radius 3 is 2.63 bits per heavy atom. The van der Waals surface area contributed by atoms with Crippen molar-refractivity contribution in [2.75, 3.05) is 12.4 Å². The Labute approximate surface area is 109 Å². The number of amides is 2. The van der Waals surface area contributed by atoms with Crippen LogP contribution < -0.4 is 5.32 Å². The molecular weight excluding hydrogens is 250 g/mol. The Bertz CT molecular complexity index is 570. The molecule has 1 saturated heterocycles. The van der Waals surface area contributed by atoms with Gasteiger partial charge in [0.2, 0.25) is 5.91 Å². The minimum absolute atomic E-state index is 0.0572. The highest BCUT2D eigenvalue weighted by atomic mass is 16.6. The van der Waals surface area contributed by atoms with Gasteiger partial charge in [-0.2, -0.15) is 0 Å². The lowest BCUT2D eigenvalue weighted by molar-refractivity contribution is -0.384. The fourth-order valence-corrected chi connectivity index (χ4v) is 1.94. The maximum Gasteiger partial charge on any atom is 0.271 e. The first-order valence-corrected chi connectivity index (χ1v) is 5.72. The SMILES string of the molecule is Cc1ccc([N+](=O)[O-])cc1NC1CC(=O)N(C)C1=O. The number of nitrogens with zero attached hydrogens (tertiary/aromatic N) is 2. The van der Waals surface area contributed by atoms with E-state index in [0.717, 1.165) is 10.5 Å². The van der Waals surface area contributed by atoms with Gasteiger partial charge >= 0.3 is 0 Å². The topological polar surface area (TPSA) is 92.6 Å². The highest BCUT2D eigenvalue weighted by Gasteiger charge is 2.36. The summed E-state index contributed by atoms with van der Waals surface area (Å²) >= 11 is 0. The number of non-ortho nitro benzene ring substituents is 1. The number of benzene rings is 1. The van der Waals surface area contributed by atoms with E-state index in [1.165, 1.54) is 19.2 Å². The highest BCUT2D eigenvalue weighted by Crippen LogP contribution is 2.24. The lowest BCUT2D eigenvalue weighted by atomic mass is 10.1. The van der Waals surface area contributed by atoms with Crippen LogP contribution >= 0.6 is 0 Å². The molecule has 2 amide bonds. The summed E-state index contributed by atoms with van der Waals surface area (Å²) < 4.78 is 0. The number of likely N-dealkylation sites (N-methyl/N-ethyl adjacent to an activating group) is 1. The monoisotopic (exact) mass is 263 g/mol. The molecule has 2 rings (SSSR count). The Morgan fingerprint density at radius 1 is 1.42 bits per heavy atom. The van der Waals surface area contributed by atoms with Crippen LogP contribution in [0.25, 0.3) is 0 Å². The van der Waals surface area contributed by atoms with Crippen LogP contribution in [0.1, 0.15) is 12.0 Å². The Hall–Kier alpha value is -2.44. The molecule has 1 N–H and O–H groups in total. The molecule has 0 spiro atoms. The molecule has 1 aromatic rings. The number of anilines is 1. The summed E-state index contributed by atoms with van der Waals surface area (Å²) in [6.45, 7) is 1.77. The number of aryl methyl sites for hydroxylation is 1. The zero-order valence-corrected chi connectivity index (χ0v) is 10.5. The van der Waals surface area contributed by atoms with Crippen molar-refractivity contribution in [2.24, 2.45) is 0 Å². The lowest BCUT2D eigenvalue weighted by Gasteiger charge is -2.14. The van der Waals surface area contributed by atoms with E-state index in [9.17, 15) is 19.7 Å². The molecule has 7 nitrogen and oxygen atoms in total. The van der Waals surface area contributed by atoms with Crippen molar-refractivity contribution in [1.29, 1.82) is 0 Å². The summed E-state index contributed by atoms with van der Waals surface area (Å²) in [5.74, 6) is -0.582. The zero-order valence-electron chi connectivity index (χ0n) is 10.5. The maximum atomic E-state index is 11.8. The molecule has 0 aliphatic carbocycles. The molecule has 0 radical (unpaired) electrons. The fourth-order valence-electron chi connectivity index (χ4n) is 1.94. The number of likely N-dealkylation sites (tertiary alicyclic amines) is 1. The van der Waals surface area contributed by atoms with E-state index in [2.05, 4.69) is 5.32 Å². The third-order valence-corrected chi connectivity index (χ3v) is 3.14. The van der Waals surface area contributed by atoms with Crippen molar-refractivity contribution >= 4 is 23.2 Å². The molecule has 100 valence electrons. The van der Waals surface area contributed by atoms with Gasteiger partial charge in [-0.3, -0.25) is 24.6 Å². The van der Waals surface area contributed by atoms with Crippen LogP contribution in [-0.4, -0.2) is 34.7 Å². The smallest absolute Gasteiger partial charge is 0.271 e. The minimum atomic E-state index is -0.654. The quantitative estimate of drug-likeness (QED) is 0.500. The molecule has 1 unspecified atom stereocenters. The van der Waals surface area contributed by atoms with Gasteiger partial charge < -0.3 is 5.32 Å². The zero-order chi connectivity index (χ0) is 14.2. The maximum absolute atomic E-state index is 11.8. The normalized spacial score (nSPS) is 18.8. The summed E-state index contributed by atoms with van der Waals surface area (Å²) in [4.78, 5) is 34.4. The number of nitrogens with one attached hydrogen (secondary N) is 1. The van der Waals surface area contributed by atoms with Gasteiger partial charge in [0.05, 0.1) is 11.3 Å². The highest BCUT2D eigenvalue weighted by molar-refractivity contribution is 6.06. The standard InChI is InChI=1S/C12H13N3O4/c1-7-3-4-8(15(18)19)5-9(7)13-10-6-11(16)14(2)12(10)17/h3-5,10,13H,6H2,1-2H3. The van der Waals surface area contributed by atoms with E-state index in [1.807, 2.05) is 0 Å². The van der Waals surface area contributed by atoms with E-state index >= 15 is 0 Å². The average Bonchev–Trinajstić information content (AvgIpc) is 2.59. The number of nitro groups is 1. The van der Waals surface area contributed by atoms with Gasteiger partial charge in [-0.15, -0.1) is 0 Å². The molecule has 0 saturated carbocycles. The predicted octanol–water partition coefficient (Wildman–Crippen LogP) is 1.07. The third kappa shape index (κ3) is 2.40. The molecule has 7 heteroatoms. The molecule has 1 atom stereocenters. The van der Waals surface area contributed by atoms with Crippen LogP contribution in [0.5, 0.6) is 0 Å². The lowest BCUT2D eigenvalue weighted by Crippen LogP contribution is -2.31.